The first-order valence-electron chi connectivity index (χ1n) is 5.50. The van der Waals surface area contributed by atoms with E-state index in [1.807, 2.05) is 0 Å². The van der Waals surface area contributed by atoms with Gasteiger partial charge in [0.05, 0.1) is 10.6 Å². The number of aryl methyl sites for hydroxylation is 1. The molecule has 98 valence electrons. The third-order valence-electron chi connectivity index (χ3n) is 2.61. The van der Waals surface area contributed by atoms with Gasteiger partial charge < -0.3 is 5.32 Å². The van der Waals surface area contributed by atoms with Crippen LogP contribution in [0, 0.1) is 18.6 Å². The molecule has 2 nitrogen and oxygen atoms in total. The Balaban J connectivity index is 2.25. The molecule has 2 aromatic carbocycles. The van der Waals surface area contributed by atoms with Gasteiger partial charge >= 0.3 is 0 Å². The second kappa shape index (κ2) is 5.36. The largest absolute Gasteiger partial charge is 0.322 e. The summed E-state index contributed by atoms with van der Waals surface area (Å²) >= 11 is 5.79. The Morgan fingerprint density at radius 1 is 1.11 bits per heavy atom. The van der Waals surface area contributed by atoms with E-state index >= 15 is 0 Å². The first-order valence-corrected chi connectivity index (χ1v) is 5.88. The van der Waals surface area contributed by atoms with E-state index in [1.165, 1.54) is 24.3 Å². The molecule has 0 aliphatic carbocycles. The van der Waals surface area contributed by atoms with Crippen molar-refractivity contribution < 1.29 is 13.6 Å². The van der Waals surface area contributed by atoms with Gasteiger partial charge in [-0.2, -0.15) is 0 Å². The van der Waals surface area contributed by atoms with E-state index in [1.54, 1.807) is 6.92 Å². The van der Waals surface area contributed by atoms with Crippen LogP contribution in [0.15, 0.2) is 36.4 Å². The maximum Gasteiger partial charge on any atom is 0.257 e. The quantitative estimate of drug-likeness (QED) is 0.879. The summed E-state index contributed by atoms with van der Waals surface area (Å²) in [6.45, 7) is 1.67. The predicted molar refractivity (Wildman–Crippen MR) is 70.5 cm³/mol. The van der Waals surface area contributed by atoms with Crippen LogP contribution >= 0.6 is 11.6 Å². The Bertz CT molecular complexity index is 643. The molecule has 0 unspecified atom stereocenters. The molecule has 19 heavy (non-hydrogen) atoms. The van der Waals surface area contributed by atoms with Crippen molar-refractivity contribution in [3.8, 4) is 0 Å². The molecular weight excluding hydrogens is 272 g/mol. The molecule has 0 aliphatic rings. The highest BCUT2D eigenvalue weighted by atomic mass is 35.5. The molecule has 1 amide bonds. The standard InChI is InChI=1S/C14H10ClF2NO/c1-8-6-9(16)3-5-13(8)18-14(19)11-4-2-10(17)7-12(11)15/h2-7H,1H3,(H,18,19). The summed E-state index contributed by atoms with van der Waals surface area (Å²) in [5.41, 5.74) is 1.23. The number of anilines is 1. The number of hydrogen-bond donors (Lipinski definition) is 1. The summed E-state index contributed by atoms with van der Waals surface area (Å²) in [4.78, 5) is 12.0. The Hall–Kier alpha value is -1.94. The van der Waals surface area contributed by atoms with E-state index < -0.39 is 11.7 Å². The van der Waals surface area contributed by atoms with Crippen molar-refractivity contribution in [2.75, 3.05) is 5.32 Å². The summed E-state index contributed by atoms with van der Waals surface area (Å²) in [6, 6.07) is 7.52. The van der Waals surface area contributed by atoms with Crippen LogP contribution in [0.25, 0.3) is 0 Å². The zero-order valence-electron chi connectivity index (χ0n) is 10.0. The molecule has 0 bridgehead atoms. The molecule has 0 spiro atoms. The van der Waals surface area contributed by atoms with Crippen molar-refractivity contribution in [2.24, 2.45) is 0 Å². The average Bonchev–Trinajstić information content (AvgIpc) is 2.32. The lowest BCUT2D eigenvalue weighted by Crippen LogP contribution is -2.13. The van der Waals surface area contributed by atoms with Crippen molar-refractivity contribution in [3.05, 3.63) is 64.2 Å². The van der Waals surface area contributed by atoms with Crippen LogP contribution in [-0.4, -0.2) is 5.91 Å². The summed E-state index contributed by atoms with van der Waals surface area (Å²) < 4.78 is 25.8. The molecule has 0 saturated carbocycles. The highest BCUT2D eigenvalue weighted by Crippen LogP contribution is 2.21. The molecule has 0 aromatic heterocycles. The number of rotatable bonds is 2. The minimum atomic E-state index is -0.514. The fourth-order valence-corrected chi connectivity index (χ4v) is 1.88. The lowest BCUT2D eigenvalue weighted by molar-refractivity contribution is 0.102. The van der Waals surface area contributed by atoms with Gasteiger partial charge in [-0.3, -0.25) is 4.79 Å². The van der Waals surface area contributed by atoms with Crippen LogP contribution in [-0.2, 0) is 0 Å². The molecule has 0 atom stereocenters. The second-order valence-electron chi connectivity index (χ2n) is 4.04. The Kier molecular flexibility index (Phi) is 3.81. The number of hydrogen-bond acceptors (Lipinski definition) is 1. The van der Waals surface area contributed by atoms with Crippen LogP contribution in [0.1, 0.15) is 15.9 Å². The van der Waals surface area contributed by atoms with Crippen molar-refractivity contribution in [3.63, 3.8) is 0 Å². The predicted octanol–water partition coefficient (Wildman–Crippen LogP) is 4.18. The number of carbonyl (C=O) groups is 1. The van der Waals surface area contributed by atoms with E-state index in [0.29, 0.717) is 11.3 Å². The summed E-state index contributed by atoms with van der Waals surface area (Å²) in [5.74, 6) is -1.37. The van der Waals surface area contributed by atoms with Gasteiger partial charge in [-0.05, 0) is 48.9 Å². The van der Waals surface area contributed by atoms with Crippen molar-refractivity contribution >= 4 is 23.2 Å². The minimum absolute atomic E-state index is 0.0252. The maximum absolute atomic E-state index is 12.9. The van der Waals surface area contributed by atoms with Gasteiger partial charge in [0.2, 0.25) is 0 Å². The lowest BCUT2D eigenvalue weighted by atomic mass is 10.1. The molecule has 1 N–H and O–H groups in total. The highest BCUT2D eigenvalue weighted by Gasteiger charge is 2.12. The number of nitrogens with one attached hydrogen (secondary N) is 1. The van der Waals surface area contributed by atoms with E-state index in [4.69, 9.17) is 11.6 Å². The SMILES string of the molecule is Cc1cc(F)ccc1NC(=O)c1ccc(F)cc1Cl. The van der Waals surface area contributed by atoms with Gasteiger partial charge in [0.1, 0.15) is 11.6 Å². The zero-order chi connectivity index (χ0) is 14.0. The Morgan fingerprint density at radius 2 is 1.74 bits per heavy atom. The van der Waals surface area contributed by atoms with Crippen molar-refractivity contribution in [1.82, 2.24) is 0 Å². The van der Waals surface area contributed by atoms with Crippen LogP contribution < -0.4 is 5.32 Å². The van der Waals surface area contributed by atoms with E-state index in [9.17, 15) is 13.6 Å². The van der Waals surface area contributed by atoms with Gasteiger partial charge in [-0.25, -0.2) is 8.78 Å². The van der Waals surface area contributed by atoms with Crippen LogP contribution in [0.4, 0.5) is 14.5 Å². The lowest BCUT2D eigenvalue weighted by Gasteiger charge is -2.09. The van der Waals surface area contributed by atoms with E-state index in [0.717, 1.165) is 12.1 Å². The van der Waals surface area contributed by atoms with Crippen molar-refractivity contribution in [2.45, 2.75) is 6.92 Å². The smallest absolute Gasteiger partial charge is 0.257 e. The fraction of sp³-hybridized carbons (Fsp3) is 0.0714. The monoisotopic (exact) mass is 281 g/mol. The number of halogens is 3. The topological polar surface area (TPSA) is 29.1 Å². The molecule has 0 aliphatic heterocycles. The van der Waals surface area contributed by atoms with Gasteiger partial charge in [-0.1, -0.05) is 11.6 Å². The third-order valence-corrected chi connectivity index (χ3v) is 2.93. The first-order chi connectivity index (χ1) is 8.97. The molecule has 5 heteroatoms. The van der Waals surface area contributed by atoms with Gasteiger partial charge in [-0.15, -0.1) is 0 Å². The molecule has 0 radical (unpaired) electrons. The average molecular weight is 282 g/mol. The van der Waals surface area contributed by atoms with E-state index in [2.05, 4.69) is 5.32 Å². The molecule has 2 rings (SSSR count). The first kappa shape index (κ1) is 13.5. The molecule has 2 aromatic rings. The normalized spacial score (nSPS) is 10.3. The second-order valence-corrected chi connectivity index (χ2v) is 4.44. The molecule has 0 saturated heterocycles. The van der Waals surface area contributed by atoms with Gasteiger partial charge in [0.15, 0.2) is 0 Å². The molecular formula is C14H10ClF2NO. The maximum atomic E-state index is 12.9. The number of benzene rings is 2. The van der Waals surface area contributed by atoms with E-state index in [-0.39, 0.29) is 16.4 Å². The van der Waals surface area contributed by atoms with Crippen molar-refractivity contribution in [1.29, 1.82) is 0 Å². The summed E-state index contributed by atoms with van der Waals surface area (Å²) in [5, 5.41) is 2.63. The Labute approximate surface area is 114 Å². The van der Waals surface area contributed by atoms with Gasteiger partial charge in [0.25, 0.3) is 5.91 Å². The number of amides is 1. The highest BCUT2D eigenvalue weighted by molar-refractivity contribution is 6.34. The zero-order valence-corrected chi connectivity index (χ0v) is 10.8. The third kappa shape index (κ3) is 3.09. The van der Waals surface area contributed by atoms with Crippen LogP contribution in [0.5, 0.6) is 0 Å². The molecule has 0 heterocycles. The van der Waals surface area contributed by atoms with Crippen LogP contribution in [0.3, 0.4) is 0 Å². The molecule has 0 fully saturated rings. The Morgan fingerprint density at radius 3 is 2.37 bits per heavy atom. The summed E-state index contributed by atoms with van der Waals surface area (Å²) in [7, 11) is 0. The van der Waals surface area contributed by atoms with Crippen LogP contribution in [0.2, 0.25) is 5.02 Å². The number of carbonyl (C=O) groups excluding carboxylic acids is 1. The minimum Gasteiger partial charge on any atom is -0.322 e. The summed E-state index contributed by atoms with van der Waals surface area (Å²) in [6.07, 6.45) is 0. The van der Waals surface area contributed by atoms with Gasteiger partial charge in [0, 0.05) is 5.69 Å². The fourth-order valence-electron chi connectivity index (χ4n) is 1.63.